The standard InChI is InChI=1S/C15H21ClN2O2/c16-13-7-12(8-14-15(13)20-10-19-14)9-18-5-2-11(1-4-17)3-6-18/h7-8,11H,1-6,9-10,17H2. The zero-order valence-corrected chi connectivity index (χ0v) is 12.4. The van der Waals surface area contributed by atoms with Crippen molar-refractivity contribution in [2.45, 2.75) is 25.8 Å². The highest BCUT2D eigenvalue weighted by Gasteiger charge is 2.21. The lowest BCUT2D eigenvalue weighted by molar-refractivity contribution is 0.171. The van der Waals surface area contributed by atoms with E-state index in [1.807, 2.05) is 12.1 Å². The number of benzene rings is 1. The van der Waals surface area contributed by atoms with E-state index in [1.54, 1.807) is 0 Å². The van der Waals surface area contributed by atoms with Gasteiger partial charge < -0.3 is 15.2 Å². The van der Waals surface area contributed by atoms with Crippen molar-refractivity contribution in [1.82, 2.24) is 4.90 Å². The second-order valence-electron chi connectivity index (χ2n) is 5.61. The van der Waals surface area contributed by atoms with Gasteiger partial charge >= 0.3 is 0 Å². The molecule has 0 aliphatic carbocycles. The predicted molar refractivity (Wildman–Crippen MR) is 79.2 cm³/mol. The highest BCUT2D eigenvalue weighted by Crippen LogP contribution is 2.40. The lowest BCUT2D eigenvalue weighted by Gasteiger charge is -2.31. The van der Waals surface area contributed by atoms with Gasteiger partial charge in [0.05, 0.1) is 5.02 Å². The van der Waals surface area contributed by atoms with Crippen LogP contribution in [0.15, 0.2) is 12.1 Å². The van der Waals surface area contributed by atoms with E-state index in [0.717, 1.165) is 44.3 Å². The molecule has 0 unspecified atom stereocenters. The third kappa shape index (κ3) is 3.03. The number of hydrogen-bond acceptors (Lipinski definition) is 4. The minimum atomic E-state index is 0.267. The number of nitrogens with zero attached hydrogens (tertiary/aromatic N) is 1. The van der Waals surface area contributed by atoms with Gasteiger partial charge in [0.15, 0.2) is 11.5 Å². The van der Waals surface area contributed by atoms with Crippen LogP contribution in [0.4, 0.5) is 0 Å². The second kappa shape index (κ2) is 6.20. The van der Waals surface area contributed by atoms with Crippen LogP contribution in [0.2, 0.25) is 5.02 Å². The Hall–Kier alpha value is -0.970. The van der Waals surface area contributed by atoms with Crippen molar-refractivity contribution in [3.05, 3.63) is 22.7 Å². The summed E-state index contributed by atoms with van der Waals surface area (Å²) in [7, 11) is 0. The molecule has 0 radical (unpaired) electrons. The quantitative estimate of drug-likeness (QED) is 0.928. The van der Waals surface area contributed by atoms with E-state index in [1.165, 1.54) is 18.4 Å². The molecule has 1 fully saturated rings. The lowest BCUT2D eigenvalue weighted by atomic mass is 9.93. The Labute approximate surface area is 124 Å². The summed E-state index contributed by atoms with van der Waals surface area (Å²) < 4.78 is 10.8. The van der Waals surface area contributed by atoms with E-state index < -0.39 is 0 Å². The molecule has 2 heterocycles. The molecule has 2 aliphatic rings. The van der Waals surface area contributed by atoms with E-state index >= 15 is 0 Å². The van der Waals surface area contributed by atoms with Crippen LogP contribution in [0, 0.1) is 5.92 Å². The number of halogens is 1. The third-order valence-corrected chi connectivity index (χ3v) is 4.46. The average molecular weight is 297 g/mol. The van der Waals surface area contributed by atoms with E-state index in [0.29, 0.717) is 10.8 Å². The zero-order valence-electron chi connectivity index (χ0n) is 11.6. The zero-order chi connectivity index (χ0) is 13.9. The highest BCUT2D eigenvalue weighted by molar-refractivity contribution is 6.32. The molecule has 2 aliphatic heterocycles. The van der Waals surface area contributed by atoms with Gasteiger partial charge in [-0.05, 0) is 62.5 Å². The van der Waals surface area contributed by atoms with Crippen molar-refractivity contribution in [2.75, 3.05) is 26.4 Å². The summed E-state index contributed by atoms with van der Waals surface area (Å²) in [5.41, 5.74) is 6.82. The number of likely N-dealkylation sites (tertiary alicyclic amines) is 1. The van der Waals surface area contributed by atoms with E-state index in [-0.39, 0.29) is 6.79 Å². The van der Waals surface area contributed by atoms with Gasteiger partial charge in [0.25, 0.3) is 0 Å². The average Bonchev–Trinajstić information content (AvgIpc) is 2.90. The molecule has 4 nitrogen and oxygen atoms in total. The van der Waals surface area contributed by atoms with Crippen LogP contribution in [0.3, 0.4) is 0 Å². The van der Waals surface area contributed by atoms with Crippen LogP contribution in [0.25, 0.3) is 0 Å². The van der Waals surface area contributed by atoms with Crippen LogP contribution in [0.1, 0.15) is 24.8 Å². The largest absolute Gasteiger partial charge is 0.454 e. The van der Waals surface area contributed by atoms with Gasteiger partial charge in [-0.25, -0.2) is 0 Å². The minimum absolute atomic E-state index is 0.267. The van der Waals surface area contributed by atoms with E-state index in [4.69, 9.17) is 26.8 Å². The maximum Gasteiger partial charge on any atom is 0.231 e. The molecular weight excluding hydrogens is 276 g/mol. The third-order valence-electron chi connectivity index (χ3n) is 4.18. The molecule has 5 heteroatoms. The van der Waals surface area contributed by atoms with Gasteiger partial charge in [-0.1, -0.05) is 11.6 Å². The fourth-order valence-corrected chi connectivity index (χ4v) is 3.33. The Balaban J connectivity index is 1.60. The summed E-state index contributed by atoms with van der Waals surface area (Å²) in [5.74, 6) is 2.25. The smallest absolute Gasteiger partial charge is 0.231 e. The molecule has 2 N–H and O–H groups in total. The SMILES string of the molecule is NCCC1CCN(Cc2cc(Cl)c3c(c2)OCO3)CC1. The first kappa shape index (κ1) is 14.0. The summed E-state index contributed by atoms with van der Waals surface area (Å²) in [6, 6.07) is 4.03. The second-order valence-corrected chi connectivity index (χ2v) is 6.02. The molecule has 1 aromatic rings. The molecule has 1 aromatic carbocycles. The number of hydrogen-bond donors (Lipinski definition) is 1. The Morgan fingerprint density at radius 2 is 2.05 bits per heavy atom. The van der Waals surface area contributed by atoms with Gasteiger partial charge in [-0.15, -0.1) is 0 Å². The van der Waals surface area contributed by atoms with Crippen LogP contribution in [-0.2, 0) is 6.54 Å². The first-order valence-corrected chi connectivity index (χ1v) is 7.64. The van der Waals surface area contributed by atoms with Crippen LogP contribution in [0.5, 0.6) is 11.5 Å². The van der Waals surface area contributed by atoms with Crippen molar-refractivity contribution >= 4 is 11.6 Å². The number of piperidine rings is 1. The molecule has 0 aromatic heterocycles. The molecule has 1 saturated heterocycles. The van der Waals surface area contributed by atoms with Gasteiger partial charge in [0.1, 0.15) is 0 Å². The van der Waals surface area contributed by atoms with Gasteiger partial charge in [-0.3, -0.25) is 4.90 Å². The van der Waals surface area contributed by atoms with Crippen molar-refractivity contribution in [3.63, 3.8) is 0 Å². The van der Waals surface area contributed by atoms with Crippen molar-refractivity contribution < 1.29 is 9.47 Å². The molecule has 110 valence electrons. The normalized spacial score (nSPS) is 19.5. The fourth-order valence-electron chi connectivity index (χ4n) is 3.04. The van der Waals surface area contributed by atoms with Crippen molar-refractivity contribution in [1.29, 1.82) is 0 Å². The van der Waals surface area contributed by atoms with E-state index in [9.17, 15) is 0 Å². The first-order valence-electron chi connectivity index (χ1n) is 7.26. The number of fused-ring (bicyclic) bond motifs is 1. The lowest BCUT2D eigenvalue weighted by Crippen LogP contribution is -2.33. The number of rotatable bonds is 4. The Kier molecular flexibility index (Phi) is 4.34. The summed E-state index contributed by atoms with van der Waals surface area (Å²) in [4.78, 5) is 2.47. The molecule has 0 bridgehead atoms. The fraction of sp³-hybridized carbons (Fsp3) is 0.600. The van der Waals surface area contributed by atoms with Crippen LogP contribution < -0.4 is 15.2 Å². The van der Waals surface area contributed by atoms with Crippen LogP contribution in [-0.4, -0.2) is 31.3 Å². The molecule has 0 atom stereocenters. The summed E-state index contributed by atoms with van der Waals surface area (Å²) in [6.07, 6.45) is 3.65. The van der Waals surface area contributed by atoms with Crippen LogP contribution >= 0.6 is 11.6 Å². The summed E-state index contributed by atoms with van der Waals surface area (Å²) in [5, 5.41) is 0.646. The minimum Gasteiger partial charge on any atom is -0.454 e. The Morgan fingerprint density at radius 3 is 2.80 bits per heavy atom. The maximum absolute atomic E-state index is 6.22. The molecule has 0 spiro atoms. The van der Waals surface area contributed by atoms with Gasteiger partial charge in [0.2, 0.25) is 6.79 Å². The first-order chi connectivity index (χ1) is 9.76. The Morgan fingerprint density at radius 1 is 1.25 bits per heavy atom. The van der Waals surface area contributed by atoms with Gasteiger partial charge in [-0.2, -0.15) is 0 Å². The van der Waals surface area contributed by atoms with Crippen molar-refractivity contribution in [2.24, 2.45) is 11.7 Å². The monoisotopic (exact) mass is 296 g/mol. The maximum atomic E-state index is 6.22. The van der Waals surface area contributed by atoms with Crippen molar-refractivity contribution in [3.8, 4) is 11.5 Å². The summed E-state index contributed by atoms with van der Waals surface area (Å²) >= 11 is 6.22. The van der Waals surface area contributed by atoms with Gasteiger partial charge in [0, 0.05) is 6.54 Å². The topological polar surface area (TPSA) is 47.7 Å². The molecule has 0 amide bonds. The predicted octanol–water partition coefficient (Wildman–Crippen LogP) is 2.63. The highest BCUT2D eigenvalue weighted by atomic mass is 35.5. The Bertz CT molecular complexity index is 473. The molecular formula is C15H21ClN2O2. The summed E-state index contributed by atoms with van der Waals surface area (Å²) in [6.45, 7) is 4.27. The molecule has 3 rings (SSSR count). The molecule has 20 heavy (non-hydrogen) atoms. The number of ether oxygens (including phenoxy) is 2. The number of nitrogens with two attached hydrogens (primary N) is 1. The van der Waals surface area contributed by atoms with E-state index in [2.05, 4.69) is 4.90 Å². The molecule has 0 saturated carbocycles.